The van der Waals surface area contributed by atoms with Gasteiger partial charge in [0.2, 0.25) is 11.8 Å². The maximum Gasteiger partial charge on any atom is 0.239 e. The molecule has 5 nitrogen and oxygen atoms in total. The summed E-state index contributed by atoms with van der Waals surface area (Å²) in [6.45, 7) is 0.852. The minimum absolute atomic E-state index is 0.0554. The second-order valence-corrected chi connectivity index (χ2v) is 8.51. The van der Waals surface area contributed by atoms with Crippen molar-refractivity contribution in [1.29, 1.82) is 0 Å². The number of carbonyl (C=O) groups is 2. The molecule has 154 valence electrons. The lowest BCUT2D eigenvalue weighted by molar-refractivity contribution is -0.145. The Morgan fingerprint density at radius 2 is 1.79 bits per heavy atom. The quantitative estimate of drug-likeness (QED) is 0.426. The van der Waals surface area contributed by atoms with E-state index in [1.165, 1.54) is 11.1 Å². The van der Waals surface area contributed by atoms with E-state index in [0.29, 0.717) is 13.0 Å². The molecule has 2 aromatic rings. The van der Waals surface area contributed by atoms with E-state index in [1.807, 2.05) is 30.6 Å². The summed E-state index contributed by atoms with van der Waals surface area (Å²) in [5, 5.41) is 3.07. The molecule has 2 amide bonds. The summed E-state index contributed by atoms with van der Waals surface area (Å²) in [6.07, 6.45) is 9.65. The van der Waals surface area contributed by atoms with Gasteiger partial charge in [-0.15, -0.1) is 11.8 Å². The molecule has 1 unspecified atom stereocenters. The lowest BCUT2D eigenvalue weighted by Gasteiger charge is -2.39. The molecule has 0 bridgehead atoms. The third-order valence-corrected chi connectivity index (χ3v) is 6.39. The van der Waals surface area contributed by atoms with Crippen molar-refractivity contribution in [2.45, 2.75) is 49.7 Å². The lowest BCUT2D eigenvalue weighted by atomic mass is 10.1. The van der Waals surface area contributed by atoms with Crippen molar-refractivity contribution < 1.29 is 9.59 Å². The smallest absolute Gasteiger partial charge is 0.239 e. The summed E-state index contributed by atoms with van der Waals surface area (Å²) >= 11 is 1.73. The highest BCUT2D eigenvalue weighted by Crippen LogP contribution is 2.31. The Bertz CT molecular complexity index is 770. The van der Waals surface area contributed by atoms with E-state index < -0.39 is 0 Å². The molecule has 0 saturated carbocycles. The standard InChI is InChI=1S/C23H29N3O2S/c27-21(25-13-7-2-1-4-8-19-11-14-24-15-12-19)17-26-22(28)16-23(26)29-18-20-9-5-3-6-10-20/h3,5-6,9-12,14-15,23H,1-2,4,7-8,13,16-18H2,(H,25,27). The predicted octanol–water partition coefficient (Wildman–Crippen LogP) is 3.79. The van der Waals surface area contributed by atoms with Gasteiger partial charge in [0.15, 0.2) is 0 Å². The Hall–Kier alpha value is -2.34. The number of carbonyl (C=O) groups excluding carboxylic acids is 2. The molecule has 29 heavy (non-hydrogen) atoms. The van der Waals surface area contributed by atoms with Crippen LogP contribution in [0, 0.1) is 0 Å². The Balaban J connectivity index is 1.24. The molecule has 0 aliphatic carbocycles. The number of hydrogen-bond acceptors (Lipinski definition) is 4. The number of amides is 2. The van der Waals surface area contributed by atoms with Crippen LogP contribution < -0.4 is 5.32 Å². The highest BCUT2D eigenvalue weighted by molar-refractivity contribution is 7.99. The molecule has 6 heteroatoms. The highest BCUT2D eigenvalue weighted by Gasteiger charge is 2.37. The zero-order valence-electron chi connectivity index (χ0n) is 16.8. The summed E-state index contributed by atoms with van der Waals surface area (Å²) in [6, 6.07) is 14.3. The van der Waals surface area contributed by atoms with Crippen LogP contribution in [0.3, 0.4) is 0 Å². The largest absolute Gasteiger partial charge is 0.355 e. The van der Waals surface area contributed by atoms with Crippen LogP contribution in [0.15, 0.2) is 54.9 Å². The second-order valence-electron chi connectivity index (χ2n) is 7.35. The molecule has 1 aromatic carbocycles. The van der Waals surface area contributed by atoms with Gasteiger partial charge in [0.25, 0.3) is 0 Å². The zero-order valence-corrected chi connectivity index (χ0v) is 17.6. The van der Waals surface area contributed by atoms with E-state index in [4.69, 9.17) is 0 Å². The molecule has 1 aliphatic heterocycles. The van der Waals surface area contributed by atoms with Crippen LogP contribution in [-0.2, 0) is 21.8 Å². The molecular formula is C23H29N3O2S. The van der Waals surface area contributed by atoms with Crippen molar-refractivity contribution in [3.05, 3.63) is 66.0 Å². The summed E-state index contributed by atoms with van der Waals surface area (Å²) in [4.78, 5) is 29.8. The van der Waals surface area contributed by atoms with Crippen LogP contribution in [-0.4, -0.2) is 40.2 Å². The Kier molecular flexibility index (Phi) is 8.56. The predicted molar refractivity (Wildman–Crippen MR) is 117 cm³/mol. The molecule has 1 aliphatic rings. The van der Waals surface area contributed by atoms with Gasteiger partial charge in [0.05, 0.1) is 11.8 Å². The topological polar surface area (TPSA) is 62.3 Å². The summed E-state index contributed by atoms with van der Waals surface area (Å²) in [5.74, 6) is 0.873. The number of hydrogen-bond donors (Lipinski definition) is 1. The third-order valence-electron chi connectivity index (χ3n) is 5.08. The zero-order chi connectivity index (χ0) is 20.3. The highest BCUT2D eigenvalue weighted by atomic mass is 32.2. The van der Waals surface area contributed by atoms with Gasteiger partial charge in [-0.1, -0.05) is 43.2 Å². The second kappa shape index (κ2) is 11.6. The van der Waals surface area contributed by atoms with Gasteiger partial charge in [-0.2, -0.15) is 0 Å². The number of β-lactam (4-membered cyclic amide) rings is 1. The van der Waals surface area contributed by atoms with E-state index in [1.54, 1.807) is 16.7 Å². The number of nitrogens with zero attached hydrogens (tertiary/aromatic N) is 2. The number of benzene rings is 1. The van der Waals surface area contributed by atoms with Gasteiger partial charge in [-0.3, -0.25) is 14.6 Å². The molecule has 2 heterocycles. The van der Waals surface area contributed by atoms with Gasteiger partial charge >= 0.3 is 0 Å². The van der Waals surface area contributed by atoms with E-state index in [9.17, 15) is 9.59 Å². The monoisotopic (exact) mass is 411 g/mol. The number of aryl methyl sites for hydroxylation is 1. The fourth-order valence-electron chi connectivity index (χ4n) is 3.33. The molecular weight excluding hydrogens is 382 g/mol. The summed E-state index contributed by atoms with van der Waals surface area (Å²) in [7, 11) is 0. The minimum Gasteiger partial charge on any atom is -0.355 e. The fraction of sp³-hybridized carbons (Fsp3) is 0.435. The first-order valence-corrected chi connectivity index (χ1v) is 11.4. The molecule has 1 aromatic heterocycles. The lowest BCUT2D eigenvalue weighted by Crippen LogP contribution is -2.54. The normalized spacial score (nSPS) is 15.8. The van der Waals surface area contributed by atoms with E-state index in [2.05, 4.69) is 34.6 Å². The van der Waals surface area contributed by atoms with Crippen LogP contribution in [0.4, 0.5) is 0 Å². The van der Waals surface area contributed by atoms with Crippen molar-refractivity contribution in [3.8, 4) is 0 Å². The maximum atomic E-state index is 12.2. The maximum absolute atomic E-state index is 12.2. The third kappa shape index (κ3) is 7.20. The number of rotatable bonds is 12. The molecule has 1 fully saturated rings. The number of pyridine rings is 1. The summed E-state index contributed by atoms with van der Waals surface area (Å²) in [5.41, 5.74) is 2.57. The van der Waals surface area contributed by atoms with Crippen molar-refractivity contribution in [2.75, 3.05) is 13.1 Å². The van der Waals surface area contributed by atoms with Gasteiger partial charge in [0.1, 0.15) is 6.54 Å². The molecule has 3 rings (SSSR count). The molecule has 0 spiro atoms. The average molecular weight is 412 g/mol. The minimum atomic E-state index is -0.0554. The van der Waals surface area contributed by atoms with Crippen LogP contribution in [0.1, 0.15) is 43.2 Å². The van der Waals surface area contributed by atoms with E-state index in [0.717, 1.165) is 37.9 Å². The van der Waals surface area contributed by atoms with Gasteiger partial charge in [-0.05, 0) is 42.5 Å². The molecule has 1 N–H and O–H groups in total. The van der Waals surface area contributed by atoms with E-state index in [-0.39, 0.29) is 23.7 Å². The van der Waals surface area contributed by atoms with Crippen LogP contribution in [0.25, 0.3) is 0 Å². The fourth-order valence-corrected chi connectivity index (χ4v) is 4.54. The van der Waals surface area contributed by atoms with E-state index >= 15 is 0 Å². The van der Waals surface area contributed by atoms with Gasteiger partial charge in [0, 0.05) is 24.7 Å². The average Bonchev–Trinajstić information content (AvgIpc) is 2.75. The first-order valence-electron chi connectivity index (χ1n) is 10.3. The molecule has 1 atom stereocenters. The van der Waals surface area contributed by atoms with Crippen molar-refractivity contribution in [2.24, 2.45) is 0 Å². The SMILES string of the molecule is O=C(CN1C(=O)CC1SCc1ccccc1)NCCCCCCc1ccncc1. The first-order chi connectivity index (χ1) is 14.2. The Morgan fingerprint density at radius 3 is 2.55 bits per heavy atom. The van der Waals surface area contributed by atoms with Crippen molar-refractivity contribution >= 4 is 23.6 Å². The number of nitrogens with one attached hydrogen (secondary N) is 1. The number of likely N-dealkylation sites (tertiary alicyclic amines) is 1. The Labute approximate surface area is 177 Å². The molecule has 1 saturated heterocycles. The van der Waals surface area contributed by atoms with Crippen LogP contribution in [0.2, 0.25) is 0 Å². The van der Waals surface area contributed by atoms with Crippen molar-refractivity contribution in [1.82, 2.24) is 15.2 Å². The summed E-state index contributed by atoms with van der Waals surface area (Å²) < 4.78 is 0. The van der Waals surface area contributed by atoms with Gasteiger partial charge in [-0.25, -0.2) is 0 Å². The molecule has 0 radical (unpaired) electrons. The van der Waals surface area contributed by atoms with Gasteiger partial charge < -0.3 is 10.2 Å². The number of thioether (sulfide) groups is 1. The van der Waals surface area contributed by atoms with Crippen LogP contribution in [0.5, 0.6) is 0 Å². The number of unbranched alkanes of at least 4 members (excludes halogenated alkanes) is 3. The van der Waals surface area contributed by atoms with Crippen molar-refractivity contribution in [3.63, 3.8) is 0 Å². The number of aromatic nitrogens is 1. The van der Waals surface area contributed by atoms with Crippen LogP contribution >= 0.6 is 11.8 Å². The Morgan fingerprint density at radius 1 is 1.03 bits per heavy atom. The first kappa shape index (κ1) is 21.4.